The number of aryl methyl sites for hydroxylation is 1. The molecule has 0 aliphatic carbocycles. The van der Waals surface area contributed by atoms with Gasteiger partial charge < -0.3 is 20.5 Å². The Morgan fingerprint density at radius 1 is 1.50 bits per heavy atom. The molecule has 0 aliphatic heterocycles. The Labute approximate surface area is 106 Å². The van der Waals surface area contributed by atoms with Gasteiger partial charge in [0, 0.05) is 24.2 Å². The molecule has 2 aromatic rings. The maximum atomic E-state index is 9.53. The van der Waals surface area contributed by atoms with Gasteiger partial charge in [0.15, 0.2) is 0 Å². The molecule has 4 heteroatoms. The number of phenolic OH excluding ortho intramolecular Hbond substituents is 1. The van der Waals surface area contributed by atoms with Gasteiger partial charge in [-0.25, -0.2) is 0 Å². The van der Waals surface area contributed by atoms with Gasteiger partial charge in [-0.15, -0.1) is 0 Å². The predicted octanol–water partition coefficient (Wildman–Crippen LogP) is 2.13. The fraction of sp³-hybridized carbons (Fsp3) is 0.286. The maximum Gasteiger partial charge on any atom is 0.117 e. The predicted molar refractivity (Wildman–Crippen MR) is 72.8 cm³/mol. The van der Waals surface area contributed by atoms with Crippen LogP contribution in [0.4, 0.5) is 0 Å². The number of rotatable bonds is 3. The average molecular weight is 246 g/mol. The Morgan fingerprint density at radius 2 is 2.17 bits per heavy atom. The third-order valence-corrected chi connectivity index (χ3v) is 3.46. The van der Waals surface area contributed by atoms with Crippen LogP contribution >= 0.6 is 0 Å². The minimum atomic E-state index is -0.469. The molecule has 0 amide bonds. The first-order valence-corrected chi connectivity index (χ1v) is 5.82. The SMILES string of the molecule is C=C(O)C(N)Cc1c(C)n(C)c2cc(O)ccc12. The van der Waals surface area contributed by atoms with Crippen LogP contribution in [-0.2, 0) is 13.5 Å². The molecule has 4 N–H and O–H groups in total. The van der Waals surface area contributed by atoms with Crippen LogP contribution in [0.3, 0.4) is 0 Å². The van der Waals surface area contributed by atoms with Crippen LogP contribution in [-0.4, -0.2) is 20.8 Å². The molecule has 96 valence electrons. The van der Waals surface area contributed by atoms with Crippen molar-refractivity contribution in [1.29, 1.82) is 0 Å². The molecule has 1 aromatic carbocycles. The van der Waals surface area contributed by atoms with E-state index in [0.717, 1.165) is 22.2 Å². The summed E-state index contributed by atoms with van der Waals surface area (Å²) in [6.07, 6.45) is 0.531. The van der Waals surface area contributed by atoms with Crippen molar-refractivity contribution in [3.8, 4) is 5.75 Å². The Kier molecular flexibility index (Phi) is 3.05. The zero-order chi connectivity index (χ0) is 13.4. The lowest BCUT2D eigenvalue weighted by molar-refractivity contribution is 0.368. The highest BCUT2D eigenvalue weighted by Crippen LogP contribution is 2.29. The molecule has 0 saturated heterocycles. The number of aromatic hydroxyl groups is 1. The summed E-state index contributed by atoms with van der Waals surface area (Å²) in [5.74, 6) is 0.232. The normalized spacial score (nSPS) is 12.8. The van der Waals surface area contributed by atoms with Crippen LogP contribution in [0.15, 0.2) is 30.5 Å². The summed E-state index contributed by atoms with van der Waals surface area (Å²) in [7, 11) is 1.94. The molecule has 1 aromatic heterocycles. The van der Waals surface area contributed by atoms with Gasteiger partial charge in [0.1, 0.15) is 11.5 Å². The van der Waals surface area contributed by atoms with Gasteiger partial charge in [0.25, 0.3) is 0 Å². The third-order valence-electron chi connectivity index (χ3n) is 3.46. The van der Waals surface area contributed by atoms with Crippen molar-refractivity contribution in [3.63, 3.8) is 0 Å². The Bertz CT molecular complexity index is 614. The first-order valence-electron chi connectivity index (χ1n) is 5.82. The van der Waals surface area contributed by atoms with Gasteiger partial charge in [0.2, 0.25) is 0 Å². The highest BCUT2D eigenvalue weighted by atomic mass is 16.3. The number of fused-ring (bicyclic) bond motifs is 1. The zero-order valence-electron chi connectivity index (χ0n) is 10.6. The van der Waals surface area contributed by atoms with E-state index in [4.69, 9.17) is 5.73 Å². The van der Waals surface area contributed by atoms with Gasteiger partial charge in [-0.1, -0.05) is 6.58 Å². The summed E-state index contributed by atoms with van der Waals surface area (Å²) >= 11 is 0. The molecule has 2 rings (SSSR count). The number of nitrogens with two attached hydrogens (primary N) is 1. The second kappa shape index (κ2) is 4.38. The number of aliphatic hydroxyl groups is 1. The van der Waals surface area contributed by atoms with E-state index >= 15 is 0 Å². The second-order valence-corrected chi connectivity index (χ2v) is 4.63. The van der Waals surface area contributed by atoms with Crippen LogP contribution in [0, 0.1) is 6.92 Å². The van der Waals surface area contributed by atoms with Crippen molar-refractivity contribution < 1.29 is 10.2 Å². The van der Waals surface area contributed by atoms with E-state index in [2.05, 4.69) is 6.58 Å². The lowest BCUT2D eigenvalue weighted by Gasteiger charge is -2.10. The van der Waals surface area contributed by atoms with Gasteiger partial charge in [0.05, 0.1) is 11.6 Å². The van der Waals surface area contributed by atoms with Crippen LogP contribution < -0.4 is 5.73 Å². The van der Waals surface area contributed by atoms with Crippen molar-refractivity contribution in [1.82, 2.24) is 4.57 Å². The van der Waals surface area contributed by atoms with Gasteiger partial charge in [-0.3, -0.25) is 0 Å². The van der Waals surface area contributed by atoms with Crippen LogP contribution in [0.1, 0.15) is 11.3 Å². The van der Waals surface area contributed by atoms with Crippen molar-refractivity contribution >= 4 is 10.9 Å². The molecule has 18 heavy (non-hydrogen) atoms. The monoisotopic (exact) mass is 246 g/mol. The molecule has 0 radical (unpaired) electrons. The summed E-state index contributed by atoms with van der Waals surface area (Å²) in [6.45, 7) is 5.46. The molecule has 4 nitrogen and oxygen atoms in total. The Morgan fingerprint density at radius 3 is 2.78 bits per heavy atom. The fourth-order valence-corrected chi connectivity index (χ4v) is 2.23. The van der Waals surface area contributed by atoms with E-state index in [0.29, 0.717) is 6.42 Å². The average Bonchev–Trinajstić information content (AvgIpc) is 2.54. The maximum absolute atomic E-state index is 9.53. The van der Waals surface area contributed by atoms with E-state index in [1.807, 2.05) is 24.6 Å². The largest absolute Gasteiger partial charge is 0.511 e. The second-order valence-electron chi connectivity index (χ2n) is 4.63. The molecule has 0 fully saturated rings. The van der Waals surface area contributed by atoms with E-state index in [-0.39, 0.29) is 11.5 Å². The quantitative estimate of drug-likeness (QED) is 0.726. The summed E-state index contributed by atoms with van der Waals surface area (Å²) in [5.41, 5.74) is 8.95. The number of aliphatic hydroxyl groups excluding tert-OH is 1. The van der Waals surface area contributed by atoms with Gasteiger partial charge in [-0.2, -0.15) is 0 Å². The van der Waals surface area contributed by atoms with Crippen LogP contribution in [0.5, 0.6) is 5.75 Å². The van der Waals surface area contributed by atoms with Crippen molar-refractivity contribution in [2.75, 3.05) is 0 Å². The van der Waals surface area contributed by atoms with Gasteiger partial charge in [-0.05, 0) is 31.0 Å². The summed E-state index contributed by atoms with van der Waals surface area (Å²) in [5, 5.41) is 19.9. The first kappa shape index (κ1) is 12.5. The van der Waals surface area contributed by atoms with Crippen molar-refractivity contribution in [2.24, 2.45) is 12.8 Å². The van der Waals surface area contributed by atoms with E-state index in [1.165, 1.54) is 0 Å². The molecule has 1 unspecified atom stereocenters. The molecule has 0 aliphatic rings. The van der Waals surface area contributed by atoms with Crippen molar-refractivity contribution in [3.05, 3.63) is 41.8 Å². The Hall–Kier alpha value is -1.94. The molecule has 1 heterocycles. The number of hydrogen-bond acceptors (Lipinski definition) is 3. The van der Waals surface area contributed by atoms with Crippen LogP contribution in [0.2, 0.25) is 0 Å². The lowest BCUT2D eigenvalue weighted by atomic mass is 10.0. The molecular formula is C14H18N2O2. The number of phenols is 1. The summed E-state index contributed by atoms with van der Waals surface area (Å²) < 4.78 is 2.01. The van der Waals surface area contributed by atoms with Crippen molar-refractivity contribution in [2.45, 2.75) is 19.4 Å². The topological polar surface area (TPSA) is 71.4 Å². The molecule has 0 saturated carbocycles. The highest BCUT2D eigenvalue weighted by molar-refractivity contribution is 5.86. The smallest absolute Gasteiger partial charge is 0.117 e. The number of nitrogens with zero attached hydrogens (tertiary/aromatic N) is 1. The molecular weight excluding hydrogens is 228 g/mol. The number of aromatic nitrogens is 1. The van der Waals surface area contributed by atoms with E-state index in [9.17, 15) is 10.2 Å². The number of benzene rings is 1. The van der Waals surface area contributed by atoms with E-state index in [1.54, 1.807) is 12.1 Å². The van der Waals surface area contributed by atoms with E-state index < -0.39 is 6.04 Å². The minimum Gasteiger partial charge on any atom is -0.511 e. The third kappa shape index (κ3) is 1.95. The minimum absolute atomic E-state index is 0.00909. The van der Waals surface area contributed by atoms with Crippen LogP contribution in [0.25, 0.3) is 10.9 Å². The first-order chi connectivity index (χ1) is 8.41. The zero-order valence-corrected chi connectivity index (χ0v) is 10.6. The highest BCUT2D eigenvalue weighted by Gasteiger charge is 2.16. The number of hydrogen-bond donors (Lipinski definition) is 3. The Balaban J connectivity index is 2.57. The fourth-order valence-electron chi connectivity index (χ4n) is 2.23. The van der Waals surface area contributed by atoms with Gasteiger partial charge >= 0.3 is 0 Å². The molecule has 1 atom stereocenters. The standard InChI is InChI=1S/C14H18N2O2/c1-8-12(7-13(15)9(2)17)11-5-4-10(18)6-14(11)16(8)3/h4-6,13,17-18H,2,7,15H2,1,3H3. The lowest BCUT2D eigenvalue weighted by Crippen LogP contribution is -2.25. The molecule has 0 bridgehead atoms. The summed E-state index contributed by atoms with van der Waals surface area (Å²) in [4.78, 5) is 0. The summed E-state index contributed by atoms with van der Waals surface area (Å²) in [6, 6.07) is 4.79. The molecule has 0 spiro atoms.